The lowest BCUT2D eigenvalue weighted by Crippen LogP contribution is -3.06. The monoisotopic (exact) mass is 347 g/mol. The van der Waals surface area contributed by atoms with Gasteiger partial charge in [0.25, 0.3) is 0 Å². The van der Waals surface area contributed by atoms with E-state index in [1.165, 1.54) is 4.90 Å². The van der Waals surface area contributed by atoms with E-state index in [1.54, 1.807) is 25.3 Å². The number of halogens is 1. The van der Waals surface area contributed by atoms with Crippen LogP contribution in [0.2, 0.25) is 5.02 Å². The van der Waals surface area contributed by atoms with Crippen LogP contribution in [0.1, 0.15) is 17.2 Å². The van der Waals surface area contributed by atoms with Gasteiger partial charge in [0, 0.05) is 10.6 Å². The summed E-state index contributed by atoms with van der Waals surface area (Å²) in [6, 6.07) is 15.3. The minimum Gasteiger partial charge on any atom is -0.496 e. The molecule has 2 rings (SSSR count). The van der Waals surface area contributed by atoms with Crippen molar-refractivity contribution in [2.24, 2.45) is 0 Å². The second kappa shape index (κ2) is 8.71. The topological polar surface area (TPSA) is 42.8 Å². The third-order valence-electron chi connectivity index (χ3n) is 3.74. The molecule has 0 saturated carbocycles. The average Bonchev–Trinajstić information content (AvgIpc) is 2.55. The first kappa shape index (κ1) is 18.3. The van der Waals surface area contributed by atoms with Crippen molar-refractivity contribution in [3.05, 3.63) is 64.7 Å². The minimum atomic E-state index is -0.0503. The standard InChI is InChI=1S/C19H23ClN2O2/c1-22(2)13-17(14-7-5-4-6-8-14)21-19(23)12-15-11-16(20)9-10-18(15)24-3/h4-11,17H,12-13H2,1-3H3,(H,21,23)/p+1/t17-/m1/s1. The van der Waals surface area contributed by atoms with Crippen molar-refractivity contribution in [1.82, 2.24) is 5.32 Å². The summed E-state index contributed by atoms with van der Waals surface area (Å²) < 4.78 is 5.31. The van der Waals surface area contributed by atoms with Crippen molar-refractivity contribution in [2.75, 3.05) is 27.7 Å². The molecule has 2 aromatic carbocycles. The molecule has 0 unspecified atom stereocenters. The van der Waals surface area contributed by atoms with Gasteiger partial charge in [-0.25, -0.2) is 0 Å². The van der Waals surface area contributed by atoms with E-state index in [4.69, 9.17) is 16.3 Å². The van der Waals surface area contributed by atoms with E-state index >= 15 is 0 Å². The lowest BCUT2D eigenvalue weighted by atomic mass is 10.1. The van der Waals surface area contributed by atoms with Gasteiger partial charge in [-0.05, 0) is 23.8 Å². The van der Waals surface area contributed by atoms with E-state index in [0.29, 0.717) is 10.8 Å². The molecule has 5 heteroatoms. The molecule has 1 atom stereocenters. The highest BCUT2D eigenvalue weighted by Crippen LogP contribution is 2.23. The van der Waals surface area contributed by atoms with Crippen LogP contribution in [-0.2, 0) is 11.2 Å². The number of quaternary nitrogens is 1. The van der Waals surface area contributed by atoms with Gasteiger partial charge in [-0.3, -0.25) is 4.79 Å². The van der Waals surface area contributed by atoms with E-state index in [9.17, 15) is 4.79 Å². The van der Waals surface area contributed by atoms with Crippen LogP contribution in [0.25, 0.3) is 0 Å². The number of amides is 1. The van der Waals surface area contributed by atoms with Crippen molar-refractivity contribution in [2.45, 2.75) is 12.5 Å². The highest BCUT2D eigenvalue weighted by molar-refractivity contribution is 6.30. The first-order valence-electron chi connectivity index (χ1n) is 7.95. The molecule has 0 fully saturated rings. The van der Waals surface area contributed by atoms with Crippen LogP contribution in [-0.4, -0.2) is 33.7 Å². The Bertz CT molecular complexity index is 674. The molecule has 2 N–H and O–H groups in total. The second-order valence-electron chi connectivity index (χ2n) is 6.07. The Morgan fingerprint density at radius 2 is 1.92 bits per heavy atom. The van der Waals surface area contributed by atoms with Crippen molar-refractivity contribution in [3.8, 4) is 5.75 Å². The summed E-state index contributed by atoms with van der Waals surface area (Å²) >= 11 is 6.04. The zero-order chi connectivity index (χ0) is 17.5. The summed E-state index contributed by atoms with van der Waals surface area (Å²) in [6.45, 7) is 0.808. The number of likely N-dealkylation sites (N-methyl/N-ethyl adjacent to an activating group) is 1. The Morgan fingerprint density at radius 1 is 1.21 bits per heavy atom. The van der Waals surface area contributed by atoms with Crippen LogP contribution in [0, 0.1) is 0 Å². The van der Waals surface area contributed by atoms with E-state index in [0.717, 1.165) is 17.7 Å². The van der Waals surface area contributed by atoms with Gasteiger partial charge in [0.05, 0.1) is 27.6 Å². The highest BCUT2D eigenvalue weighted by Gasteiger charge is 2.18. The maximum atomic E-state index is 12.5. The number of rotatable bonds is 7. The van der Waals surface area contributed by atoms with Gasteiger partial charge in [0.2, 0.25) is 5.91 Å². The number of hydrogen-bond donors (Lipinski definition) is 2. The molecular formula is C19H24ClN2O2+. The molecule has 0 saturated heterocycles. The molecule has 4 nitrogen and oxygen atoms in total. The number of carbonyl (C=O) groups is 1. The number of benzene rings is 2. The molecule has 0 aliphatic rings. The zero-order valence-electron chi connectivity index (χ0n) is 14.3. The number of carbonyl (C=O) groups excluding carboxylic acids is 1. The van der Waals surface area contributed by atoms with E-state index in [2.05, 4.69) is 19.4 Å². The maximum absolute atomic E-state index is 12.5. The molecule has 2 aromatic rings. The van der Waals surface area contributed by atoms with Gasteiger partial charge < -0.3 is 15.0 Å². The molecule has 0 radical (unpaired) electrons. The molecule has 0 heterocycles. The Balaban J connectivity index is 2.12. The van der Waals surface area contributed by atoms with Gasteiger partial charge in [-0.2, -0.15) is 0 Å². The lowest BCUT2D eigenvalue weighted by Gasteiger charge is -2.21. The summed E-state index contributed by atoms with van der Waals surface area (Å²) in [5.41, 5.74) is 1.89. The Hall–Kier alpha value is -2.04. The van der Waals surface area contributed by atoms with E-state index in [-0.39, 0.29) is 18.4 Å². The summed E-state index contributed by atoms with van der Waals surface area (Å²) in [4.78, 5) is 13.8. The van der Waals surface area contributed by atoms with Crippen LogP contribution in [0.4, 0.5) is 0 Å². The largest absolute Gasteiger partial charge is 0.496 e. The highest BCUT2D eigenvalue weighted by atomic mass is 35.5. The molecule has 0 aliphatic carbocycles. The van der Waals surface area contributed by atoms with Gasteiger partial charge in [-0.15, -0.1) is 0 Å². The molecular weight excluding hydrogens is 324 g/mol. The molecule has 0 aromatic heterocycles. The SMILES string of the molecule is COc1ccc(Cl)cc1CC(=O)N[C@H](C[NH+](C)C)c1ccccc1. The number of methoxy groups -OCH3 is 1. The molecule has 0 aliphatic heterocycles. The molecule has 1 amide bonds. The minimum absolute atomic E-state index is 0.0334. The van der Waals surface area contributed by atoms with Gasteiger partial charge in [0.15, 0.2) is 0 Å². The van der Waals surface area contributed by atoms with Gasteiger partial charge >= 0.3 is 0 Å². The van der Waals surface area contributed by atoms with E-state index < -0.39 is 0 Å². The molecule has 0 bridgehead atoms. The van der Waals surface area contributed by atoms with Gasteiger partial charge in [0.1, 0.15) is 18.3 Å². The maximum Gasteiger partial charge on any atom is 0.225 e. The van der Waals surface area contributed by atoms with Crippen LogP contribution < -0.4 is 15.0 Å². The van der Waals surface area contributed by atoms with Crippen LogP contribution in [0.15, 0.2) is 48.5 Å². The van der Waals surface area contributed by atoms with Gasteiger partial charge in [-0.1, -0.05) is 41.9 Å². The first-order valence-corrected chi connectivity index (χ1v) is 8.33. The van der Waals surface area contributed by atoms with Crippen LogP contribution in [0.5, 0.6) is 5.75 Å². The first-order chi connectivity index (χ1) is 11.5. The summed E-state index contributed by atoms with van der Waals surface area (Å²) in [7, 11) is 5.73. The zero-order valence-corrected chi connectivity index (χ0v) is 15.1. The fourth-order valence-electron chi connectivity index (χ4n) is 2.65. The van der Waals surface area contributed by atoms with Crippen molar-refractivity contribution in [1.29, 1.82) is 0 Å². The van der Waals surface area contributed by atoms with Crippen LogP contribution in [0.3, 0.4) is 0 Å². The molecule has 24 heavy (non-hydrogen) atoms. The molecule has 128 valence electrons. The fourth-order valence-corrected chi connectivity index (χ4v) is 2.84. The number of hydrogen-bond acceptors (Lipinski definition) is 2. The smallest absolute Gasteiger partial charge is 0.225 e. The Labute approximate surface area is 148 Å². The average molecular weight is 348 g/mol. The molecule has 0 spiro atoms. The number of ether oxygens (including phenoxy) is 1. The third-order valence-corrected chi connectivity index (χ3v) is 3.98. The summed E-state index contributed by atoms with van der Waals surface area (Å²) in [6.07, 6.45) is 0.232. The van der Waals surface area contributed by atoms with Crippen molar-refractivity contribution >= 4 is 17.5 Å². The normalized spacial score (nSPS) is 12.0. The quantitative estimate of drug-likeness (QED) is 0.803. The summed E-state index contributed by atoms with van der Waals surface area (Å²) in [5, 5.41) is 3.72. The number of nitrogens with one attached hydrogen (secondary N) is 2. The van der Waals surface area contributed by atoms with Crippen molar-refractivity contribution < 1.29 is 14.4 Å². The predicted octanol–water partition coefficient (Wildman–Crippen LogP) is 1.89. The fraction of sp³-hybridized carbons (Fsp3) is 0.316. The Kier molecular flexibility index (Phi) is 6.64. The van der Waals surface area contributed by atoms with Crippen molar-refractivity contribution in [3.63, 3.8) is 0 Å². The van der Waals surface area contributed by atoms with Crippen LogP contribution >= 0.6 is 11.6 Å². The second-order valence-corrected chi connectivity index (χ2v) is 6.51. The Morgan fingerprint density at radius 3 is 2.54 bits per heavy atom. The predicted molar refractivity (Wildman–Crippen MR) is 96.7 cm³/mol. The van der Waals surface area contributed by atoms with E-state index in [1.807, 2.05) is 30.3 Å². The lowest BCUT2D eigenvalue weighted by molar-refractivity contribution is -0.860. The third kappa shape index (κ3) is 5.25. The summed E-state index contributed by atoms with van der Waals surface area (Å²) in [5.74, 6) is 0.620.